The standard InChI is InChI=1S/C17H14FN5O/c1-10-6-16(23-15(21-10)4-5-20-23)19-9-12-7-11-2-3-13(18)8-14(11)22-17(12)24/h2-8,19H,9H2,1H3,(H,22,24). The lowest BCUT2D eigenvalue weighted by atomic mass is 10.1. The number of halogens is 1. The summed E-state index contributed by atoms with van der Waals surface area (Å²) in [4.78, 5) is 19.3. The van der Waals surface area contributed by atoms with Gasteiger partial charge in [0.2, 0.25) is 0 Å². The van der Waals surface area contributed by atoms with Crippen LogP contribution >= 0.6 is 0 Å². The molecule has 0 saturated carbocycles. The second-order valence-electron chi connectivity index (χ2n) is 5.59. The number of nitrogens with zero attached hydrogens (tertiary/aromatic N) is 3. The lowest BCUT2D eigenvalue weighted by Crippen LogP contribution is -2.17. The molecule has 0 spiro atoms. The zero-order valence-corrected chi connectivity index (χ0v) is 12.9. The molecule has 2 N–H and O–H groups in total. The van der Waals surface area contributed by atoms with Crippen LogP contribution in [0, 0.1) is 12.7 Å². The van der Waals surface area contributed by atoms with Gasteiger partial charge in [-0.3, -0.25) is 4.79 Å². The van der Waals surface area contributed by atoms with E-state index in [0.717, 1.165) is 22.5 Å². The van der Waals surface area contributed by atoms with E-state index in [1.807, 2.05) is 19.1 Å². The van der Waals surface area contributed by atoms with E-state index in [1.165, 1.54) is 12.1 Å². The van der Waals surface area contributed by atoms with E-state index >= 15 is 0 Å². The lowest BCUT2D eigenvalue weighted by molar-refractivity contribution is 0.629. The summed E-state index contributed by atoms with van der Waals surface area (Å²) in [6, 6.07) is 9.77. The van der Waals surface area contributed by atoms with Crippen LogP contribution < -0.4 is 10.9 Å². The minimum absolute atomic E-state index is 0.247. The van der Waals surface area contributed by atoms with Gasteiger partial charge in [0.1, 0.15) is 11.6 Å². The fourth-order valence-corrected chi connectivity index (χ4v) is 2.70. The van der Waals surface area contributed by atoms with Crippen LogP contribution in [-0.4, -0.2) is 19.6 Å². The Labute approximate surface area is 136 Å². The third kappa shape index (κ3) is 2.50. The average molecular weight is 323 g/mol. The van der Waals surface area contributed by atoms with Crippen molar-refractivity contribution in [1.82, 2.24) is 19.6 Å². The largest absolute Gasteiger partial charge is 0.366 e. The Morgan fingerprint density at radius 3 is 3.00 bits per heavy atom. The number of hydrogen-bond donors (Lipinski definition) is 2. The van der Waals surface area contributed by atoms with Crippen LogP contribution in [0.2, 0.25) is 0 Å². The molecule has 24 heavy (non-hydrogen) atoms. The van der Waals surface area contributed by atoms with Gasteiger partial charge in [0, 0.05) is 29.9 Å². The molecule has 0 aliphatic heterocycles. The van der Waals surface area contributed by atoms with E-state index < -0.39 is 0 Å². The van der Waals surface area contributed by atoms with Gasteiger partial charge < -0.3 is 10.3 Å². The highest BCUT2D eigenvalue weighted by Crippen LogP contribution is 2.15. The molecule has 3 aromatic heterocycles. The molecular formula is C17H14FN5O. The molecule has 3 heterocycles. The van der Waals surface area contributed by atoms with Crippen molar-refractivity contribution >= 4 is 22.4 Å². The zero-order chi connectivity index (χ0) is 16.7. The first kappa shape index (κ1) is 14.4. The smallest absolute Gasteiger partial charge is 0.253 e. The van der Waals surface area contributed by atoms with Gasteiger partial charge in [-0.1, -0.05) is 0 Å². The lowest BCUT2D eigenvalue weighted by Gasteiger charge is -2.09. The maximum absolute atomic E-state index is 13.2. The van der Waals surface area contributed by atoms with Crippen molar-refractivity contribution in [2.24, 2.45) is 0 Å². The predicted octanol–water partition coefficient (Wildman–Crippen LogP) is 2.63. The maximum Gasteiger partial charge on any atom is 0.253 e. The van der Waals surface area contributed by atoms with Gasteiger partial charge >= 0.3 is 0 Å². The highest BCUT2D eigenvalue weighted by Gasteiger charge is 2.07. The molecular weight excluding hydrogens is 309 g/mol. The summed E-state index contributed by atoms with van der Waals surface area (Å²) in [6.07, 6.45) is 1.67. The van der Waals surface area contributed by atoms with E-state index in [0.29, 0.717) is 17.6 Å². The number of aromatic nitrogens is 4. The highest BCUT2D eigenvalue weighted by molar-refractivity contribution is 5.78. The molecule has 7 heteroatoms. The molecule has 0 atom stereocenters. The van der Waals surface area contributed by atoms with Crippen LogP contribution in [0.25, 0.3) is 16.6 Å². The van der Waals surface area contributed by atoms with Crippen LogP contribution in [0.4, 0.5) is 10.2 Å². The number of pyridine rings is 1. The number of nitrogens with one attached hydrogen (secondary N) is 2. The molecule has 6 nitrogen and oxygen atoms in total. The molecule has 120 valence electrons. The number of benzene rings is 1. The fraction of sp³-hybridized carbons (Fsp3) is 0.118. The number of fused-ring (bicyclic) bond motifs is 2. The molecule has 0 bridgehead atoms. The van der Waals surface area contributed by atoms with Gasteiger partial charge in [-0.2, -0.15) is 9.61 Å². The molecule has 0 aliphatic carbocycles. The second kappa shape index (κ2) is 5.45. The summed E-state index contributed by atoms with van der Waals surface area (Å²) in [6.45, 7) is 2.22. The normalized spacial score (nSPS) is 11.2. The van der Waals surface area contributed by atoms with E-state index in [-0.39, 0.29) is 11.4 Å². The monoisotopic (exact) mass is 323 g/mol. The molecule has 4 rings (SSSR count). The van der Waals surface area contributed by atoms with E-state index in [1.54, 1.807) is 22.8 Å². The number of rotatable bonds is 3. The Morgan fingerprint density at radius 1 is 1.25 bits per heavy atom. The average Bonchev–Trinajstić information content (AvgIpc) is 3.01. The van der Waals surface area contributed by atoms with Gasteiger partial charge in [0.15, 0.2) is 5.65 Å². The second-order valence-corrected chi connectivity index (χ2v) is 5.59. The first-order chi connectivity index (χ1) is 11.6. The third-order valence-electron chi connectivity index (χ3n) is 3.83. The van der Waals surface area contributed by atoms with E-state index in [2.05, 4.69) is 20.4 Å². The van der Waals surface area contributed by atoms with Gasteiger partial charge in [-0.15, -0.1) is 0 Å². The van der Waals surface area contributed by atoms with Crippen LogP contribution in [0.1, 0.15) is 11.3 Å². The highest BCUT2D eigenvalue weighted by atomic mass is 19.1. The quantitative estimate of drug-likeness (QED) is 0.608. The van der Waals surface area contributed by atoms with Gasteiger partial charge in [-0.05, 0) is 36.6 Å². The number of aromatic amines is 1. The number of H-pyrrole nitrogens is 1. The van der Waals surface area contributed by atoms with Crippen LogP contribution in [0.3, 0.4) is 0 Å². The van der Waals surface area contributed by atoms with Crippen molar-refractivity contribution in [2.75, 3.05) is 5.32 Å². The minimum atomic E-state index is -0.377. The summed E-state index contributed by atoms with van der Waals surface area (Å²) in [5.41, 5.74) is 2.39. The van der Waals surface area contributed by atoms with Crippen LogP contribution in [0.15, 0.2) is 47.4 Å². The van der Waals surface area contributed by atoms with Crippen molar-refractivity contribution in [2.45, 2.75) is 13.5 Å². The van der Waals surface area contributed by atoms with Crippen molar-refractivity contribution in [3.8, 4) is 0 Å². The molecule has 1 aromatic carbocycles. The van der Waals surface area contributed by atoms with E-state index in [4.69, 9.17) is 0 Å². The molecule has 0 radical (unpaired) electrons. The minimum Gasteiger partial charge on any atom is -0.366 e. The first-order valence-electron chi connectivity index (χ1n) is 7.47. The summed E-state index contributed by atoms with van der Waals surface area (Å²) < 4.78 is 14.9. The predicted molar refractivity (Wildman–Crippen MR) is 89.6 cm³/mol. The number of anilines is 1. The summed E-state index contributed by atoms with van der Waals surface area (Å²) in [7, 11) is 0. The van der Waals surface area contributed by atoms with Crippen LogP contribution in [0.5, 0.6) is 0 Å². The van der Waals surface area contributed by atoms with Crippen LogP contribution in [-0.2, 0) is 6.54 Å². The third-order valence-corrected chi connectivity index (χ3v) is 3.83. The van der Waals surface area contributed by atoms with E-state index in [9.17, 15) is 9.18 Å². The Kier molecular flexibility index (Phi) is 3.26. The molecule has 4 aromatic rings. The molecule has 0 unspecified atom stereocenters. The van der Waals surface area contributed by atoms with Gasteiger partial charge in [0.05, 0.1) is 11.7 Å². The molecule has 0 saturated heterocycles. The summed E-state index contributed by atoms with van der Waals surface area (Å²) in [5, 5.41) is 8.21. The topological polar surface area (TPSA) is 75.1 Å². The zero-order valence-electron chi connectivity index (χ0n) is 12.9. The Morgan fingerprint density at radius 2 is 2.12 bits per heavy atom. The van der Waals surface area contributed by atoms with Crippen molar-refractivity contribution in [1.29, 1.82) is 0 Å². The fourth-order valence-electron chi connectivity index (χ4n) is 2.70. The van der Waals surface area contributed by atoms with Crippen molar-refractivity contribution in [3.05, 3.63) is 70.0 Å². The molecule has 0 fully saturated rings. The Bertz CT molecular complexity index is 1120. The van der Waals surface area contributed by atoms with Gasteiger partial charge in [-0.25, -0.2) is 9.37 Å². The Balaban J connectivity index is 1.69. The van der Waals surface area contributed by atoms with Crippen molar-refractivity contribution in [3.63, 3.8) is 0 Å². The molecule has 0 aliphatic rings. The number of hydrogen-bond acceptors (Lipinski definition) is 4. The SMILES string of the molecule is Cc1cc(NCc2cc3ccc(F)cc3[nH]c2=O)n2nccc2n1. The summed E-state index contributed by atoms with van der Waals surface area (Å²) in [5.74, 6) is 0.374. The maximum atomic E-state index is 13.2. The van der Waals surface area contributed by atoms with Gasteiger partial charge in [0.25, 0.3) is 5.56 Å². The molecule has 0 amide bonds. The summed E-state index contributed by atoms with van der Waals surface area (Å²) >= 11 is 0. The number of aryl methyl sites for hydroxylation is 1. The van der Waals surface area contributed by atoms with Crippen molar-refractivity contribution < 1.29 is 4.39 Å². The Hall–Kier alpha value is -3.22. The first-order valence-corrected chi connectivity index (χ1v) is 7.47.